The van der Waals surface area contributed by atoms with Gasteiger partial charge in [-0.05, 0) is 68.7 Å². The molecule has 0 spiro atoms. The summed E-state index contributed by atoms with van der Waals surface area (Å²) in [6.45, 7) is 7.56. The first-order valence-electron chi connectivity index (χ1n) is 12.4. The summed E-state index contributed by atoms with van der Waals surface area (Å²) in [6.07, 6.45) is 0. The molecule has 2 amide bonds. The van der Waals surface area contributed by atoms with Crippen molar-refractivity contribution in [2.75, 3.05) is 16.4 Å². The van der Waals surface area contributed by atoms with Gasteiger partial charge in [-0.25, -0.2) is 4.39 Å². The molecule has 1 atom stereocenters. The number of aryl methyl sites for hydroxylation is 3. The smallest absolute Gasteiger partial charge is 0.254 e. The van der Waals surface area contributed by atoms with Gasteiger partial charge in [0, 0.05) is 28.2 Å². The van der Waals surface area contributed by atoms with E-state index in [2.05, 4.69) is 22.0 Å². The lowest BCUT2D eigenvalue weighted by Gasteiger charge is -2.30. The number of nitrogens with one attached hydrogen (secondary N) is 3. The van der Waals surface area contributed by atoms with Gasteiger partial charge in [0.15, 0.2) is 0 Å². The molecule has 6 nitrogen and oxygen atoms in total. The number of thioether (sulfide) groups is 1. The van der Waals surface area contributed by atoms with E-state index in [1.807, 2.05) is 57.2 Å². The standard InChI is InChI=1S/C31H29FN4O2S/c1-18-13-14-22(15-20(18)3)35-27(37)17-39-31-24(16-33)29(23-10-6-7-11-25(23)32)28(21(4)34-31)30(38)36-26-12-8-5-9-19(26)2/h5-15,29,34H,17H2,1-4H3,(H,35,37)(H,36,38)/t29-/m1/s1. The molecular weight excluding hydrogens is 511 g/mol. The van der Waals surface area contributed by atoms with Gasteiger partial charge >= 0.3 is 0 Å². The number of allylic oxidation sites excluding steroid dienone is 2. The first-order valence-corrected chi connectivity index (χ1v) is 13.4. The SMILES string of the molecule is CC1=C(C(=O)Nc2ccccc2C)[C@H](c2ccccc2F)C(C#N)=C(SCC(=O)Nc2ccc(C)c(C)c2)N1. The molecule has 0 fully saturated rings. The fourth-order valence-electron chi connectivity index (χ4n) is 4.40. The molecule has 0 saturated heterocycles. The highest BCUT2D eigenvalue weighted by atomic mass is 32.2. The molecule has 39 heavy (non-hydrogen) atoms. The number of dihydropyridines is 1. The van der Waals surface area contributed by atoms with Crippen LogP contribution in [0.25, 0.3) is 0 Å². The van der Waals surface area contributed by atoms with Crippen molar-refractivity contribution in [3.05, 3.63) is 117 Å². The van der Waals surface area contributed by atoms with Crippen molar-refractivity contribution in [3.63, 3.8) is 0 Å². The summed E-state index contributed by atoms with van der Waals surface area (Å²) >= 11 is 1.14. The van der Waals surface area contributed by atoms with Crippen LogP contribution in [0.5, 0.6) is 0 Å². The second-order valence-electron chi connectivity index (χ2n) is 9.38. The van der Waals surface area contributed by atoms with Crippen LogP contribution in [0, 0.1) is 37.9 Å². The van der Waals surface area contributed by atoms with Gasteiger partial charge in [-0.1, -0.05) is 54.2 Å². The van der Waals surface area contributed by atoms with Crippen LogP contribution in [0.1, 0.15) is 35.1 Å². The van der Waals surface area contributed by atoms with Crippen LogP contribution in [-0.4, -0.2) is 17.6 Å². The van der Waals surface area contributed by atoms with Crippen LogP contribution in [0.3, 0.4) is 0 Å². The highest BCUT2D eigenvalue weighted by Crippen LogP contribution is 2.42. The van der Waals surface area contributed by atoms with Crippen molar-refractivity contribution in [1.29, 1.82) is 5.26 Å². The number of nitriles is 1. The average Bonchev–Trinajstić information content (AvgIpc) is 2.90. The van der Waals surface area contributed by atoms with Crippen LogP contribution in [0.15, 0.2) is 88.6 Å². The van der Waals surface area contributed by atoms with Gasteiger partial charge in [-0.15, -0.1) is 0 Å². The molecule has 4 rings (SSSR count). The summed E-state index contributed by atoms with van der Waals surface area (Å²) in [5, 5.41) is 19.6. The predicted octanol–water partition coefficient (Wildman–Crippen LogP) is 6.46. The lowest BCUT2D eigenvalue weighted by atomic mass is 9.82. The van der Waals surface area contributed by atoms with Crippen LogP contribution < -0.4 is 16.0 Å². The molecule has 3 N–H and O–H groups in total. The van der Waals surface area contributed by atoms with E-state index in [4.69, 9.17) is 0 Å². The van der Waals surface area contributed by atoms with E-state index in [0.29, 0.717) is 22.1 Å². The highest BCUT2D eigenvalue weighted by Gasteiger charge is 2.36. The van der Waals surface area contributed by atoms with E-state index in [-0.39, 0.29) is 28.4 Å². The third-order valence-electron chi connectivity index (χ3n) is 6.64. The highest BCUT2D eigenvalue weighted by molar-refractivity contribution is 8.03. The number of para-hydroxylation sites is 1. The summed E-state index contributed by atoms with van der Waals surface area (Å²) in [5.74, 6) is -2.15. The number of hydrogen-bond donors (Lipinski definition) is 3. The second kappa shape index (κ2) is 12.0. The normalized spacial score (nSPS) is 14.9. The maximum Gasteiger partial charge on any atom is 0.254 e. The first kappa shape index (κ1) is 27.7. The van der Waals surface area contributed by atoms with Crippen LogP contribution >= 0.6 is 11.8 Å². The van der Waals surface area contributed by atoms with Gasteiger partial charge in [-0.2, -0.15) is 5.26 Å². The Balaban J connectivity index is 1.64. The van der Waals surface area contributed by atoms with Crippen molar-refractivity contribution < 1.29 is 14.0 Å². The van der Waals surface area contributed by atoms with Crippen LogP contribution in [0.2, 0.25) is 0 Å². The zero-order valence-electron chi connectivity index (χ0n) is 22.2. The van der Waals surface area contributed by atoms with E-state index in [9.17, 15) is 14.9 Å². The van der Waals surface area contributed by atoms with Crippen molar-refractivity contribution in [2.45, 2.75) is 33.6 Å². The molecule has 0 bridgehead atoms. The molecule has 0 aliphatic carbocycles. The van der Waals surface area contributed by atoms with Crippen molar-refractivity contribution >= 4 is 35.0 Å². The summed E-state index contributed by atoms with van der Waals surface area (Å²) in [5.41, 5.74) is 5.47. The summed E-state index contributed by atoms with van der Waals surface area (Å²) in [4.78, 5) is 26.3. The minimum atomic E-state index is -0.952. The molecule has 1 heterocycles. The molecule has 0 saturated carbocycles. The van der Waals surface area contributed by atoms with Gasteiger partial charge in [0.05, 0.1) is 28.3 Å². The van der Waals surface area contributed by atoms with Crippen LogP contribution in [0.4, 0.5) is 15.8 Å². The minimum absolute atomic E-state index is 0.0163. The van der Waals surface area contributed by atoms with Gasteiger partial charge in [-0.3, -0.25) is 9.59 Å². The first-order chi connectivity index (χ1) is 18.7. The number of benzene rings is 3. The molecule has 1 aliphatic rings. The predicted molar refractivity (Wildman–Crippen MR) is 154 cm³/mol. The van der Waals surface area contributed by atoms with E-state index in [1.54, 1.807) is 31.2 Å². The molecule has 0 radical (unpaired) electrons. The van der Waals surface area contributed by atoms with Gasteiger partial charge in [0.25, 0.3) is 5.91 Å². The zero-order chi connectivity index (χ0) is 28.1. The molecule has 0 aromatic heterocycles. The Bertz CT molecular complexity index is 1550. The Morgan fingerprint density at radius 3 is 2.36 bits per heavy atom. The Labute approximate surface area is 232 Å². The van der Waals surface area contributed by atoms with E-state index in [1.165, 1.54) is 6.07 Å². The number of anilines is 2. The minimum Gasteiger partial charge on any atom is -0.353 e. The summed E-state index contributed by atoms with van der Waals surface area (Å²) in [7, 11) is 0. The molecule has 8 heteroatoms. The molecular formula is C31H29FN4O2S. The fourth-order valence-corrected chi connectivity index (χ4v) is 5.30. The lowest BCUT2D eigenvalue weighted by molar-refractivity contribution is -0.114. The number of halogens is 1. The maximum absolute atomic E-state index is 15.1. The van der Waals surface area contributed by atoms with Crippen LogP contribution in [-0.2, 0) is 9.59 Å². The zero-order valence-corrected chi connectivity index (χ0v) is 23.0. The Morgan fingerprint density at radius 2 is 1.67 bits per heavy atom. The Morgan fingerprint density at radius 1 is 0.949 bits per heavy atom. The molecule has 3 aromatic rings. The molecule has 3 aromatic carbocycles. The fraction of sp³-hybridized carbons (Fsp3) is 0.194. The van der Waals surface area contributed by atoms with Gasteiger partial charge in [0.2, 0.25) is 5.91 Å². The van der Waals surface area contributed by atoms with E-state index < -0.39 is 17.6 Å². The number of carbonyl (C=O) groups excluding carboxylic acids is 2. The number of amides is 2. The van der Waals surface area contributed by atoms with E-state index in [0.717, 1.165) is 28.5 Å². The maximum atomic E-state index is 15.1. The van der Waals surface area contributed by atoms with Crippen molar-refractivity contribution in [2.24, 2.45) is 0 Å². The molecule has 198 valence electrons. The summed E-state index contributed by atoms with van der Waals surface area (Å²) in [6, 6.07) is 21.3. The van der Waals surface area contributed by atoms with E-state index >= 15 is 4.39 Å². The lowest BCUT2D eigenvalue weighted by Crippen LogP contribution is -2.31. The number of nitrogens with zero attached hydrogens (tertiary/aromatic N) is 1. The van der Waals surface area contributed by atoms with Gasteiger partial charge in [0.1, 0.15) is 5.82 Å². The topological polar surface area (TPSA) is 94.0 Å². The summed E-state index contributed by atoms with van der Waals surface area (Å²) < 4.78 is 15.1. The second-order valence-corrected chi connectivity index (χ2v) is 10.4. The Hall–Kier alpha value is -4.35. The third-order valence-corrected chi connectivity index (χ3v) is 7.66. The quantitative estimate of drug-likeness (QED) is 0.320. The number of hydrogen-bond acceptors (Lipinski definition) is 5. The van der Waals surface area contributed by atoms with Crippen molar-refractivity contribution in [1.82, 2.24) is 5.32 Å². The third kappa shape index (κ3) is 6.21. The van der Waals surface area contributed by atoms with Gasteiger partial charge < -0.3 is 16.0 Å². The number of carbonyl (C=O) groups is 2. The van der Waals surface area contributed by atoms with Crippen molar-refractivity contribution in [3.8, 4) is 6.07 Å². The monoisotopic (exact) mass is 540 g/mol. The molecule has 1 aliphatic heterocycles. The molecule has 0 unspecified atom stereocenters. The Kier molecular flexibility index (Phi) is 8.52. The number of rotatable bonds is 7. The average molecular weight is 541 g/mol. The largest absolute Gasteiger partial charge is 0.353 e.